The third-order valence-corrected chi connectivity index (χ3v) is 6.71. The zero-order chi connectivity index (χ0) is 28.2. The maximum Gasteiger partial charge on any atom is 0.323 e. The van der Waals surface area contributed by atoms with E-state index in [2.05, 4.69) is 5.32 Å². The average Bonchev–Trinajstić information content (AvgIpc) is 3.25. The van der Waals surface area contributed by atoms with Crippen molar-refractivity contribution in [2.24, 2.45) is 5.92 Å². The number of hydrogen-bond donors (Lipinski definition) is 2. The summed E-state index contributed by atoms with van der Waals surface area (Å²) in [6.07, 6.45) is 1.21. The molecule has 2 aromatic heterocycles. The first-order chi connectivity index (χ1) is 17.8. The Hall–Kier alpha value is -3.37. The predicted octanol–water partition coefficient (Wildman–Crippen LogP) is 4.88. The van der Waals surface area contributed by atoms with Gasteiger partial charge in [-0.15, -0.1) is 11.3 Å². The first-order valence-electron chi connectivity index (χ1n) is 12.3. The van der Waals surface area contributed by atoms with Gasteiger partial charge in [0.05, 0.1) is 11.1 Å². The molecule has 0 bridgehead atoms. The van der Waals surface area contributed by atoms with Crippen LogP contribution in [0.2, 0.25) is 0 Å². The maximum atomic E-state index is 14.2. The first kappa shape index (κ1) is 29.2. The van der Waals surface area contributed by atoms with Crippen LogP contribution in [0, 0.1) is 17.6 Å². The Balaban J connectivity index is 1.77. The van der Waals surface area contributed by atoms with E-state index in [4.69, 9.17) is 10.5 Å². The molecule has 204 valence electrons. The molecule has 10 heteroatoms. The molecule has 3 N–H and O–H groups in total. The Kier molecular flexibility index (Phi) is 9.22. The number of benzene rings is 1. The number of nitrogens with one attached hydrogen (secondary N) is 1. The molecule has 1 atom stereocenters. The second kappa shape index (κ2) is 12.0. The number of ketones is 1. The number of pyridine rings is 1. The van der Waals surface area contributed by atoms with Crippen molar-refractivity contribution in [2.45, 2.75) is 59.1 Å². The number of carbonyl (C=O) groups is 2. The lowest BCUT2D eigenvalue weighted by atomic mass is 10.0. The molecular weight excluding hydrogens is 512 g/mol. The molecule has 0 fully saturated rings. The lowest BCUT2D eigenvalue weighted by Crippen LogP contribution is -2.42. The quantitative estimate of drug-likeness (QED) is 0.278. The highest BCUT2D eigenvalue weighted by Gasteiger charge is 2.26. The van der Waals surface area contributed by atoms with E-state index in [-0.39, 0.29) is 22.9 Å². The first-order valence-corrected chi connectivity index (χ1v) is 13.1. The van der Waals surface area contributed by atoms with Crippen LogP contribution in [0.15, 0.2) is 47.3 Å². The molecule has 0 saturated carbocycles. The van der Waals surface area contributed by atoms with Crippen molar-refractivity contribution in [1.29, 1.82) is 0 Å². The molecule has 1 aromatic carbocycles. The van der Waals surface area contributed by atoms with Crippen LogP contribution in [-0.2, 0) is 16.0 Å². The van der Waals surface area contributed by atoms with Crippen molar-refractivity contribution in [1.82, 2.24) is 9.88 Å². The zero-order valence-electron chi connectivity index (χ0n) is 22.1. The third kappa shape index (κ3) is 7.35. The molecule has 38 heavy (non-hydrogen) atoms. The normalized spacial score (nSPS) is 12.5. The fourth-order valence-corrected chi connectivity index (χ4v) is 4.91. The van der Waals surface area contributed by atoms with E-state index in [1.165, 1.54) is 28.0 Å². The average molecular weight is 546 g/mol. The topological polar surface area (TPSA) is 103 Å². The molecule has 3 rings (SSSR count). The predicted molar refractivity (Wildman–Crippen MR) is 145 cm³/mol. The van der Waals surface area contributed by atoms with Crippen LogP contribution >= 0.6 is 11.3 Å². The number of halogens is 2. The molecule has 0 saturated heterocycles. The zero-order valence-corrected chi connectivity index (χ0v) is 23.0. The number of rotatable bonds is 10. The molecule has 0 aliphatic rings. The Morgan fingerprint density at radius 3 is 2.39 bits per heavy atom. The van der Waals surface area contributed by atoms with Gasteiger partial charge in [0.25, 0.3) is 5.56 Å². The molecule has 0 aliphatic heterocycles. The number of nitrogens with two attached hydrogens (primary N) is 1. The highest BCUT2D eigenvalue weighted by Crippen LogP contribution is 2.25. The highest BCUT2D eigenvalue weighted by atomic mass is 32.1. The Bertz CT molecular complexity index is 1380. The lowest BCUT2D eigenvalue weighted by Gasteiger charge is -2.25. The van der Waals surface area contributed by atoms with Crippen LogP contribution in [0.25, 0.3) is 5.00 Å². The molecule has 0 amide bonds. The van der Waals surface area contributed by atoms with Crippen molar-refractivity contribution >= 4 is 28.9 Å². The number of anilines is 1. The van der Waals surface area contributed by atoms with E-state index in [0.717, 1.165) is 17.0 Å². The second-order valence-electron chi connectivity index (χ2n) is 10.4. The van der Waals surface area contributed by atoms with Crippen LogP contribution in [0.3, 0.4) is 0 Å². The summed E-state index contributed by atoms with van der Waals surface area (Å²) in [4.78, 5) is 39.1. The largest absolute Gasteiger partial charge is 0.459 e. The number of aromatic nitrogens is 1. The Morgan fingerprint density at radius 1 is 1.08 bits per heavy atom. The van der Waals surface area contributed by atoms with Gasteiger partial charge in [-0.2, -0.15) is 0 Å². The number of hydrogen-bond acceptors (Lipinski definition) is 7. The van der Waals surface area contributed by atoms with Crippen molar-refractivity contribution in [2.75, 3.05) is 12.3 Å². The fourth-order valence-electron chi connectivity index (χ4n) is 3.89. The third-order valence-electron chi connectivity index (χ3n) is 5.58. The fraction of sp³-hybridized carbons (Fsp3) is 0.393. The van der Waals surface area contributed by atoms with Gasteiger partial charge < -0.3 is 15.8 Å². The molecular formula is C28H33F2N3O4S. The number of esters is 1. The number of carbonyl (C=O) groups excluding carboxylic acids is 2. The molecule has 0 aliphatic carbocycles. The van der Waals surface area contributed by atoms with E-state index in [1.807, 2.05) is 40.7 Å². The Labute approximate surface area is 224 Å². The van der Waals surface area contributed by atoms with E-state index >= 15 is 0 Å². The summed E-state index contributed by atoms with van der Waals surface area (Å²) in [6, 6.07) is 8.18. The van der Waals surface area contributed by atoms with E-state index < -0.39 is 34.6 Å². The summed E-state index contributed by atoms with van der Waals surface area (Å²) in [5, 5.41) is 3.77. The van der Waals surface area contributed by atoms with Gasteiger partial charge >= 0.3 is 5.97 Å². The monoisotopic (exact) mass is 545 g/mol. The summed E-state index contributed by atoms with van der Waals surface area (Å²) in [6.45, 7) is 10.1. The van der Waals surface area contributed by atoms with E-state index in [1.54, 1.807) is 6.07 Å². The van der Waals surface area contributed by atoms with Gasteiger partial charge in [-0.25, -0.2) is 8.78 Å². The summed E-state index contributed by atoms with van der Waals surface area (Å²) in [5.74, 6) is -2.72. The molecule has 0 unspecified atom stereocenters. The van der Waals surface area contributed by atoms with Gasteiger partial charge in [-0.05, 0) is 69.9 Å². The summed E-state index contributed by atoms with van der Waals surface area (Å²) in [5.41, 5.74) is 4.76. The van der Waals surface area contributed by atoms with E-state index in [0.29, 0.717) is 36.4 Å². The van der Waals surface area contributed by atoms with E-state index in [9.17, 15) is 23.2 Å². The van der Waals surface area contributed by atoms with Gasteiger partial charge in [0.1, 0.15) is 34.1 Å². The lowest BCUT2D eigenvalue weighted by molar-refractivity contribution is -0.157. The van der Waals surface area contributed by atoms with Crippen molar-refractivity contribution in [3.63, 3.8) is 0 Å². The standard InChI is InChI=1S/C28H33F2N3O4S/c1-16(2)14-22(27(36)37-28(3,4)5)32-13-12-18-7-11-24(38-18)33-23(34)10-9-20(26(33)31)25(35)19-8-6-17(29)15-21(19)30/h6-11,15-16,22,32H,12-14,31H2,1-5H3/t22-/m0/s1. The molecule has 2 heterocycles. The van der Waals surface area contributed by atoms with Gasteiger partial charge in [0.15, 0.2) is 5.78 Å². The van der Waals surface area contributed by atoms with Crippen molar-refractivity contribution in [3.05, 3.63) is 80.5 Å². The molecule has 3 aromatic rings. The molecule has 7 nitrogen and oxygen atoms in total. The van der Waals surface area contributed by atoms with Crippen LogP contribution in [-0.4, -0.2) is 34.5 Å². The SMILES string of the molecule is CC(C)C[C@H](NCCc1ccc(-n2c(N)c(C(=O)c3ccc(F)cc3F)ccc2=O)s1)C(=O)OC(C)(C)C. The Morgan fingerprint density at radius 2 is 1.76 bits per heavy atom. The van der Waals surface area contributed by atoms with Crippen LogP contribution in [0.5, 0.6) is 0 Å². The smallest absolute Gasteiger partial charge is 0.323 e. The van der Waals surface area contributed by atoms with Crippen LogP contribution < -0.4 is 16.6 Å². The summed E-state index contributed by atoms with van der Waals surface area (Å²) >= 11 is 1.31. The molecule has 0 spiro atoms. The van der Waals surface area contributed by atoms with Crippen molar-refractivity contribution < 1.29 is 23.1 Å². The highest BCUT2D eigenvalue weighted by molar-refractivity contribution is 7.14. The summed E-state index contributed by atoms with van der Waals surface area (Å²) in [7, 11) is 0. The van der Waals surface area contributed by atoms with Gasteiger partial charge in [0.2, 0.25) is 0 Å². The minimum absolute atomic E-state index is 0.0689. The van der Waals surface area contributed by atoms with Crippen LogP contribution in [0.1, 0.15) is 61.8 Å². The minimum Gasteiger partial charge on any atom is -0.459 e. The molecule has 0 radical (unpaired) electrons. The van der Waals surface area contributed by atoms with Gasteiger partial charge in [0, 0.05) is 23.6 Å². The number of thiophene rings is 1. The van der Waals surface area contributed by atoms with Gasteiger partial charge in [-0.1, -0.05) is 13.8 Å². The van der Waals surface area contributed by atoms with Crippen LogP contribution in [0.4, 0.5) is 14.6 Å². The maximum absolute atomic E-state index is 14.2. The van der Waals surface area contributed by atoms with Gasteiger partial charge in [-0.3, -0.25) is 19.0 Å². The number of ether oxygens (including phenoxy) is 1. The second-order valence-corrected chi connectivity index (χ2v) is 11.6. The summed E-state index contributed by atoms with van der Waals surface area (Å²) < 4.78 is 34.2. The number of nitrogen functional groups attached to an aromatic ring is 1. The number of nitrogens with zero attached hydrogens (tertiary/aromatic N) is 1. The van der Waals surface area contributed by atoms with Crippen molar-refractivity contribution in [3.8, 4) is 5.00 Å². The minimum atomic E-state index is -1.01.